The first kappa shape index (κ1) is 29.9. The summed E-state index contributed by atoms with van der Waals surface area (Å²) in [6, 6.07) is 9.96. The Bertz CT molecular complexity index is 1400. The van der Waals surface area contributed by atoms with Crippen LogP contribution in [0.4, 0.5) is 11.4 Å². The van der Waals surface area contributed by atoms with Crippen molar-refractivity contribution in [2.45, 2.75) is 160 Å². The lowest BCUT2D eigenvalue weighted by Crippen LogP contribution is -2.55. The van der Waals surface area contributed by atoms with Gasteiger partial charge in [0.1, 0.15) is 0 Å². The van der Waals surface area contributed by atoms with Crippen molar-refractivity contribution in [3.8, 4) is 11.5 Å². The van der Waals surface area contributed by atoms with E-state index in [1.807, 2.05) is 0 Å². The smallest absolute Gasteiger partial charge is 0.154 e. The number of benzene rings is 2. The van der Waals surface area contributed by atoms with Gasteiger partial charge >= 0.3 is 0 Å². The fourth-order valence-corrected chi connectivity index (χ4v) is 12.8. The third-order valence-corrected chi connectivity index (χ3v) is 14.3. The molecule has 2 aromatic rings. The quantitative estimate of drug-likeness (QED) is 0.357. The summed E-state index contributed by atoms with van der Waals surface area (Å²) in [7, 11) is 0. The van der Waals surface area contributed by atoms with Crippen molar-refractivity contribution in [2.75, 3.05) is 10.6 Å². The second kappa shape index (κ2) is 9.50. The molecule has 46 heavy (non-hydrogen) atoms. The Kier molecular flexibility index (Phi) is 6.18. The SMILES string of the molecule is CC(C)(C)c1cc(NC23CC4CC(CC(C4)C2)C3)c2c(c1)C(C)(C)c1cc(C(C)(C)C)cc(NC34CC5CC(CC(C5)C3)C4)c1O2. The average Bonchev–Trinajstić information content (AvgIpc) is 2.91. The van der Waals surface area contributed by atoms with Crippen LogP contribution in [0, 0.1) is 35.5 Å². The molecule has 8 fully saturated rings. The van der Waals surface area contributed by atoms with Crippen molar-refractivity contribution in [3.63, 3.8) is 0 Å². The minimum Gasteiger partial charge on any atom is -0.452 e. The standard InChI is InChI=1S/C43H60N2O/c1-39(2,3)31-15-33-37(35(17-31)44-42-19-25-9-26(20-42)11-27(10-25)21-42)46-38-34(41(33,7)8)16-32(40(4,5)6)18-36(38)45-43-22-28-12-29(23-43)14-30(13-28)24-43/h15-18,25-30,44-45H,9-14,19-24H2,1-8H3. The molecule has 0 aromatic heterocycles. The zero-order valence-electron chi connectivity index (χ0n) is 30.2. The normalized spacial score (nSPS) is 37.9. The molecule has 11 rings (SSSR count). The van der Waals surface area contributed by atoms with Crippen molar-refractivity contribution >= 4 is 11.4 Å². The minimum atomic E-state index is -0.179. The van der Waals surface area contributed by atoms with Crippen LogP contribution in [0.1, 0.15) is 155 Å². The molecule has 9 aliphatic rings. The fraction of sp³-hybridized carbons (Fsp3) is 0.721. The van der Waals surface area contributed by atoms with Gasteiger partial charge in [-0.15, -0.1) is 0 Å². The molecule has 8 bridgehead atoms. The molecule has 0 atom stereocenters. The van der Waals surface area contributed by atoms with Crippen LogP contribution in [0.5, 0.6) is 11.5 Å². The summed E-state index contributed by atoms with van der Waals surface area (Å²) >= 11 is 0. The fourth-order valence-electron chi connectivity index (χ4n) is 12.8. The molecule has 2 aromatic carbocycles. The maximum Gasteiger partial charge on any atom is 0.154 e. The Labute approximate surface area is 279 Å². The van der Waals surface area contributed by atoms with E-state index in [-0.39, 0.29) is 27.3 Å². The minimum absolute atomic E-state index is 0.0573. The summed E-state index contributed by atoms with van der Waals surface area (Å²) in [6.07, 6.45) is 16.8. The van der Waals surface area contributed by atoms with Gasteiger partial charge in [0.05, 0.1) is 11.4 Å². The molecule has 3 nitrogen and oxygen atoms in total. The topological polar surface area (TPSA) is 33.3 Å². The highest BCUT2D eigenvalue weighted by Gasteiger charge is 2.53. The number of rotatable bonds is 4. The Morgan fingerprint density at radius 1 is 0.522 bits per heavy atom. The summed E-state index contributed by atoms with van der Waals surface area (Å²) in [5.74, 6) is 7.64. The van der Waals surface area contributed by atoms with E-state index in [0.717, 1.165) is 47.0 Å². The number of anilines is 2. The maximum atomic E-state index is 7.41. The molecule has 248 valence electrons. The van der Waals surface area contributed by atoms with Crippen LogP contribution in [0.25, 0.3) is 0 Å². The van der Waals surface area contributed by atoms with E-state index in [9.17, 15) is 0 Å². The molecule has 0 unspecified atom stereocenters. The van der Waals surface area contributed by atoms with Gasteiger partial charge in [0, 0.05) is 27.6 Å². The lowest BCUT2D eigenvalue weighted by Gasteiger charge is -2.57. The van der Waals surface area contributed by atoms with E-state index in [1.165, 1.54) is 111 Å². The van der Waals surface area contributed by atoms with Gasteiger partial charge in [0.15, 0.2) is 11.5 Å². The predicted molar refractivity (Wildman–Crippen MR) is 192 cm³/mol. The highest BCUT2D eigenvalue weighted by atomic mass is 16.5. The summed E-state index contributed by atoms with van der Waals surface area (Å²) in [5.41, 5.74) is 8.43. The highest BCUT2D eigenvalue weighted by molar-refractivity contribution is 5.76. The number of nitrogens with one attached hydrogen (secondary N) is 2. The lowest BCUT2D eigenvalue weighted by atomic mass is 9.53. The first-order chi connectivity index (χ1) is 21.6. The molecule has 0 saturated heterocycles. The van der Waals surface area contributed by atoms with Crippen LogP contribution in [-0.4, -0.2) is 11.1 Å². The Hall–Kier alpha value is -2.16. The van der Waals surface area contributed by atoms with Crippen molar-refractivity contribution < 1.29 is 4.74 Å². The van der Waals surface area contributed by atoms with Crippen LogP contribution in [0.3, 0.4) is 0 Å². The predicted octanol–water partition coefficient (Wildman–Crippen LogP) is 11.5. The van der Waals surface area contributed by atoms with Crippen LogP contribution in [0.15, 0.2) is 24.3 Å². The van der Waals surface area contributed by atoms with Crippen LogP contribution in [-0.2, 0) is 16.2 Å². The Morgan fingerprint density at radius 3 is 1.11 bits per heavy atom. The summed E-state index contributed by atoms with van der Waals surface area (Å²) in [4.78, 5) is 0. The van der Waals surface area contributed by atoms with Gasteiger partial charge < -0.3 is 15.4 Å². The van der Waals surface area contributed by atoms with Crippen LogP contribution < -0.4 is 15.4 Å². The molecule has 8 aliphatic carbocycles. The number of ether oxygens (including phenoxy) is 1. The highest BCUT2D eigenvalue weighted by Crippen LogP contribution is 2.61. The molecular weight excluding hydrogens is 560 g/mol. The van der Waals surface area contributed by atoms with E-state index in [4.69, 9.17) is 4.74 Å². The maximum absolute atomic E-state index is 7.41. The van der Waals surface area contributed by atoms with Gasteiger partial charge in [-0.05, 0) is 147 Å². The van der Waals surface area contributed by atoms with Crippen LogP contribution >= 0.6 is 0 Å². The van der Waals surface area contributed by atoms with E-state index in [2.05, 4.69) is 90.3 Å². The third-order valence-electron chi connectivity index (χ3n) is 14.3. The van der Waals surface area contributed by atoms with Gasteiger partial charge in [-0.1, -0.05) is 67.5 Å². The monoisotopic (exact) mass is 620 g/mol. The first-order valence-corrected chi connectivity index (χ1v) is 19.2. The van der Waals surface area contributed by atoms with Crippen molar-refractivity contribution in [1.29, 1.82) is 0 Å². The zero-order chi connectivity index (χ0) is 32.0. The molecular formula is C43H60N2O. The molecule has 3 heteroatoms. The molecule has 1 heterocycles. The van der Waals surface area contributed by atoms with Crippen molar-refractivity contribution in [1.82, 2.24) is 0 Å². The number of hydrogen-bond donors (Lipinski definition) is 2. The van der Waals surface area contributed by atoms with Gasteiger partial charge in [-0.25, -0.2) is 0 Å². The average molecular weight is 621 g/mol. The molecule has 0 amide bonds. The van der Waals surface area contributed by atoms with Gasteiger partial charge in [-0.2, -0.15) is 0 Å². The largest absolute Gasteiger partial charge is 0.452 e. The molecule has 0 spiro atoms. The van der Waals surface area contributed by atoms with Crippen LogP contribution in [0.2, 0.25) is 0 Å². The zero-order valence-corrected chi connectivity index (χ0v) is 30.2. The Balaban J connectivity index is 1.18. The van der Waals surface area contributed by atoms with Gasteiger partial charge in [0.2, 0.25) is 0 Å². The number of fused-ring (bicyclic) bond motifs is 2. The summed E-state index contributed by atoms with van der Waals surface area (Å²) in [5, 5.41) is 8.66. The summed E-state index contributed by atoms with van der Waals surface area (Å²) in [6.45, 7) is 19.2. The molecule has 2 N–H and O–H groups in total. The van der Waals surface area contributed by atoms with Gasteiger partial charge in [-0.3, -0.25) is 0 Å². The number of hydrogen-bond acceptors (Lipinski definition) is 3. The van der Waals surface area contributed by atoms with Gasteiger partial charge in [0.25, 0.3) is 0 Å². The molecule has 0 radical (unpaired) electrons. The second-order valence-electron chi connectivity index (χ2n) is 20.7. The van der Waals surface area contributed by atoms with E-state index < -0.39 is 0 Å². The Morgan fingerprint density at radius 2 is 0.826 bits per heavy atom. The molecule has 8 saturated carbocycles. The second-order valence-corrected chi connectivity index (χ2v) is 20.7. The van der Waals surface area contributed by atoms with Crippen molar-refractivity contribution in [3.05, 3.63) is 46.5 Å². The van der Waals surface area contributed by atoms with E-state index in [0.29, 0.717) is 0 Å². The molecule has 1 aliphatic heterocycles. The van der Waals surface area contributed by atoms with Crippen molar-refractivity contribution in [2.24, 2.45) is 35.5 Å². The lowest BCUT2D eigenvalue weighted by molar-refractivity contribution is 0.0106. The first-order valence-electron chi connectivity index (χ1n) is 19.2. The third kappa shape index (κ3) is 4.70. The summed E-state index contributed by atoms with van der Waals surface area (Å²) < 4.78 is 7.41. The van der Waals surface area contributed by atoms with E-state index in [1.54, 1.807) is 0 Å². The van der Waals surface area contributed by atoms with E-state index >= 15 is 0 Å².